The number of aliphatic hydroxyl groups excluding tert-OH is 1. The molecule has 3 aromatic rings. The fourth-order valence-electron chi connectivity index (χ4n) is 5.87. The molecular weight excluding hydrogens is 520 g/mol. The molecule has 3 heterocycles. The highest BCUT2D eigenvalue weighted by atomic mass is 79.9. The van der Waals surface area contributed by atoms with Crippen LogP contribution in [-0.4, -0.2) is 62.9 Å². The van der Waals surface area contributed by atoms with E-state index in [0.29, 0.717) is 28.2 Å². The summed E-state index contributed by atoms with van der Waals surface area (Å²) in [5.41, 5.74) is 3.65. The van der Waals surface area contributed by atoms with Gasteiger partial charge in [-0.25, -0.2) is 4.98 Å². The van der Waals surface area contributed by atoms with E-state index in [1.54, 1.807) is 0 Å². The van der Waals surface area contributed by atoms with Crippen molar-refractivity contribution in [3.63, 3.8) is 0 Å². The number of fused-ring (bicyclic) bond motifs is 1. The number of hydrogen-bond acceptors (Lipinski definition) is 7. The highest BCUT2D eigenvalue weighted by molar-refractivity contribution is 9.10. The van der Waals surface area contributed by atoms with Crippen LogP contribution in [0, 0.1) is 6.92 Å². The molecule has 8 nitrogen and oxygen atoms in total. The average Bonchev–Trinajstić information content (AvgIpc) is 3.40. The van der Waals surface area contributed by atoms with E-state index in [0.717, 1.165) is 62.0 Å². The number of benzene rings is 1. The third-order valence-corrected chi connectivity index (χ3v) is 8.71. The molecule has 1 saturated heterocycles. The fourth-order valence-corrected chi connectivity index (χ4v) is 6.28. The lowest BCUT2D eigenvalue weighted by Crippen LogP contribution is -2.57. The number of aryl methyl sites for hydroxylation is 1. The molecule has 0 spiro atoms. The first-order chi connectivity index (χ1) is 17.4. The van der Waals surface area contributed by atoms with Crippen LogP contribution in [0.25, 0.3) is 11.0 Å². The lowest BCUT2D eigenvalue weighted by Gasteiger charge is -2.45. The Hall–Kier alpha value is -2.49. The normalized spacial score (nSPS) is 21.4. The number of aromatic nitrogens is 3. The van der Waals surface area contributed by atoms with Gasteiger partial charge >= 0.3 is 0 Å². The number of rotatable bonds is 6. The Balaban J connectivity index is 1.38. The first kappa shape index (κ1) is 25.2. The second kappa shape index (κ2) is 10.5. The fraction of sp³-hybridized carbons (Fsp3) is 0.519. The van der Waals surface area contributed by atoms with E-state index in [2.05, 4.69) is 74.1 Å². The number of halogens is 1. The number of nitrogens with zero attached hydrogens (tertiary/aromatic N) is 5. The maximum Gasteiger partial charge on any atom is 0.267 e. The summed E-state index contributed by atoms with van der Waals surface area (Å²) < 4.78 is 2.47. The number of nitrogens with one attached hydrogen (secondary N) is 1. The molecule has 2 fully saturated rings. The third-order valence-electron chi connectivity index (χ3n) is 7.77. The molecular formula is C27H35BrN6O2. The van der Waals surface area contributed by atoms with Crippen LogP contribution in [0.1, 0.15) is 51.1 Å². The Labute approximate surface area is 220 Å². The highest BCUT2D eigenvalue weighted by Gasteiger charge is 2.29. The molecule has 2 N–H and O–H groups in total. The Kier molecular flexibility index (Phi) is 7.32. The van der Waals surface area contributed by atoms with Crippen LogP contribution in [-0.2, 0) is 0 Å². The minimum absolute atomic E-state index is 0.0107. The van der Waals surface area contributed by atoms with Crippen LogP contribution in [0.15, 0.2) is 39.7 Å². The van der Waals surface area contributed by atoms with Gasteiger partial charge in [0.05, 0.1) is 11.1 Å². The van der Waals surface area contributed by atoms with E-state index < -0.39 is 0 Å². The molecule has 0 radical (unpaired) electrons. The summed E-state index contributed by atoms with van der Waals surface area (Å²) in [5.74, 6) is 0.489. The maximum absolute atomic E-state index is 13.2. The molecule has 9 heteroatoms. The zero-order chi connectivity index (χ0) is 25.4. The quantitative estimate of drug-likeness (QED) is 0.460. The van der Waals surface area contributed by atoms with E-state index in [-0.39, 0.29) is 18.2 Å². The van der Waals surface area contributed by atoms with Crippen LogP contribution in [0.5, 0.6) is 0 Å². The minimum Gasteiger partial charge on any atom is -0.395 e. The molecule has 0 amide bonds. The van der Waals surface area contributed by atoms with Crippen molar-refractivity contribution in [2.45, 2.75) is 64.6 Å². The van der Waals surface area contributed by atoms with Crippen LogP contribution < -0.4 is 15.8 Å². The molecule has 192 valence electrons. The van der Waals surface area contributed by atoms with Crippen molar-refractivity contribution in [2.24, 2.45) is 0 Å². The van der Waals surface area contributed by atoms with Crippen molar-refractivity contribution in [3.05, 3.63) is 50.9 Å². The first-order valence-electron chi connectivity index (χ1n) is 12.9. The molecule has 0 bridgehead atoms. The van der Waals surface area contributed by atoms with Gasteiger partial charge in [0, 0.05) is 60.7 Å². The van der Waals surface area contributed by atoms with E-state index in [4.69, 9.17) is 4.98 Å². The Morgan fingerprint density at radius 1 is 1.11 bits per heavy atom. The van der Waals surface area contributed by atoms with Gasteiger partial charge in [-0.05, 0) is 79.4 Å². The highest BCUT2D eigenvalue weighted by Crippen LogP contribution is 2.33. The summed E-state index contributed by atoms with van der Waals surface area (Å²) >= 11 is 3.51. The zero-order valence-corrected chi connectivity index (χ0v) is 22.8. The van der Waals surface area contributed by atoms with Crippen LogP contribution >= 0.6 is 15.9 Å². The standard InChI is InChI=1S/C27H35BrN6O2/c1-17-15-32(16-18(2)33(17)12-13-35)21-10-8-20(9-11-21)30-27-29-14-23-19(3)24(28)26(36)34(25(23)31-27)22-6-4-5-7-22/h8-11,14,17-18,22,35H,4-7,12-13,15-16H2,1-3H3,(H,29,30,31). The van der Waals surface area contributed by atoms with Crippen LogP contribution in [0.3, 0.4) is 0 Å². The second-order valence-corrected chi connectivity index (χ2v) is 11.0. The van der Waals surface area contributed by atoms with Gasteiger partial charge in [0.25, 0.3) is 5.56 Å². The summed E-state index contributed by atoms with van der Waals surface area (Å²) in [4.78, 5) is 27.3. The predicted molar refractivity (Wildman–Crippen MR) is 148 cm³/mol. The van der Waals surface area contributed by atoms with E-state index in [1.165, 1.54) is 5.69 Å². The number of pyridine rings is 1. The van der Waals surface area contributed by atoms with E-state index in [1.807, 2.05) is 17.7 Å². The molecule has 1 aliphatic heterocycles. The Morgan fingerprint density at radius 2 is 1.78 bits per heavy atom. The molecule has 5 rings (SSSR count). The molecule has 2 unspecified atom stereocenters. The van der Waals surface area contributed by atoms with Gasteiger partial charge in [0.15, 0.2) is 0 Å². The zero-order valence-electron chi connectivity index (χ0n) is 21.2. The average molecular weight is 556 g/mol. The topological polar surface area (TPSA) is 86.5 Å². The number of hydrogen-bond donors (Lipinski definition) is 2. The molecule has 1 aromatic carbocycles. The van der Waals surface area contributed by atoms with Gasteiger partial charge < -0.3 is 15.3 Å². The lowest BCUT2D eigenvalue weighted by atomic mass is 10.1. The summed E-state index contributed by atoms with van der Waals surface area (Å²) in [5, 5.41) is 13.6. The van der Waals surface area contributed by atoms with Crippen molar-refractivity contribution >= 4 is 44.3 Å². The Bertz CT molecular complexity index is 1280. The number of β-amino-alcohol motifs (C(OH)–C–C–N with tert-alkyl or cyclic N) is 1. The minimum atomic E-state index is -0.0107. The molecule has 1 saturated carbocycles. The van der Waals surface area contributed by atoms with E-state index >= 15 is 0 Å². The molecule has 36 heavy (non-hydrogen) atoms. The van der Waals surface area contributed by atoms with Crippen molar-refractivity contribution in [1.82, 2.24) is 19.4 Å². The van der Waals surface area contributed by atoms with Gasteiger partial charge in [0.1, 0.15) is 5.65 Å². The molecule has 2 aliphatic rings. The number of anilines is 3. The second-order valence-electron chi connectivity index (χ2n) is 10.2. The Morgan fingerprint density at radius 3 is 2.42 bits per heavy atom. The van der Waals surface area contributed by atoms with Crippen LogP contribution in [0.2, 0.25) is 0 Å². The summed E-state index contributed by atoms with van der Waals surface area (Å²) in [7, 11) is 0. The smallest absolute Gasteiger partial charge is 0.267 e. The molecule has 2 aromatic heterocycles. The van der Waals surface area contributed by atoms with Gasteiger partial charge in [-0.2, -0.15) is 4.98 Å². The largest absolute Gasteiger partial charge is 0.395 e. The van der Waals surface area contributed by atoms with Crippen molar-refractivity contribution in [1.29, 1.82) is 0 Å². The van der Waals surface area contributed by atoms with Gasteiger partial charge in [-0.3, -0.25) is 14.3 Å². The van der Waals surface area contributed by atoms with Gasteiger partial charge in [0.2, 0.25) is 5.95 Å². The lowest BCUT2D eigenvalue weighted by molar-refractivity contribution is 0.103. The third kappa shape index (κ3) is 4.76. The van der Waals surface area contributed by atoms with Crippen molar-refractivity contribution in [3.8, 4) is 0 Å². The van der Waals surface area contributed by atoms with Crippen LogP contribution in [0.4, 0.5) is 17.3 Å². The van der Waals surface area contributed by atoms with Gasteiger partial charge in [-0.15, -0.1) is 0 Å². The summed E-state index contributed by atoms with van der Waals surface area (Å²) in [6.07, 6.45) is 6.11. The first-order valence-corrected chi connectivity index (χ1v) is 13.7. The summed E-state index contributed by atoms with van der Waals surface area (Å²) in [6, 6.07) is 9.29. The number of aliphatic hydroxyl groups is 1. The number of piperazine rings is 1. The SMILES string of the molecule is Cc1c(Br)c(=O)n(C2CCCC2)c2nc(Nc3ccc(N4CC(C)N(CCO)C(C)C4)cc3)ncc12. The van der Waals surface area contributed by atoms with E-state index in [9.17, 15) is 9.90 Å². The predicted octanol–water partition coefficient (Wildman–Crippen LogP) is 4.61. The molecule has 1 aliphatic carbocycles. The van der Waals surface area contributed by atoms with Crippen molar-refractivity contribution in [2.75, 3.05) is 36.5 Å². The summed E-state index contributed by atoms with van der Waals surface area (Å²) in [6.45, 7) is 9.15. The van der Waals surface area contributed by atoms with Gasteiger partial charge in [-0.1, -0.05) is 12.8 Å². The van der Waals surface area contributed by atoms with Crippen molar-refractivity contribution < 1.29 is 5.11 Å². The monoisotopic (exact) mass is 554 g/mol. The molecule has 2 atom stereocenters. The maximum atomic E-state index is 13.2.